The maximum absolute atomic E-state index is 10.5. The molecule has 0 spiro atoms. The minimum atomic E-state index is -1.27. The van der Waals surface area contributed by atoms with Crippen molar-refractivity contribution in [3.63, 3.8) is 0 Å². The van der Waals surface area contributed by atoms with Crippen molar-refractivity contribution in [2.24, 2.45) is 0 Å². The molecule has 14 heavy (non-hydrogen) atoms. The van der Waals surface area contributed by atoms with Crippen LogP contribution in [0.15, 0.2) is 0 Å². The van der Waals surface area contributed by atoms with Gasteiger partial charge in [-0.2, -0.15) is 0 Å². The van der Waals surface area contributed by atoms with Gasteiger partial charge in [0.05, 0.1) is 0 Å². The Morgan fingerprint density at radius 1 is 1.07 bits per heavy atom. The first-order valence-electron chi connectivity index (χ1n) is 5.76. The van der Waals surface area contributed by atoms with Crippen molar-refractivity contribution in [1.82, 2.24) is 0 Å². The Labute approximate surface area is 94.8 Å². The molecule has 0 fully saturated rings. The van der Waals surface area contributed by atoms with E-state index >= 15 is 0 Å². The summed E-state index contributed by atoms with van der Waals surface area (Å²) in [5, 5.41) is 8.64. The van der Waals surface area contributed by atoms with E-state index in [4.69, 9.17) is 5.11 Å². The van der Waals surface area contributed by atoms with Gasteiger partial charge in [-0.05, 0) is 0 Å². The van der Waals surface area contributed by atoms with Crippen molar-refractivity contribution in [2.75, 3.05) is 0 Å². The molecule has 3 heteroatoms. The predicted octanol–water partition coefficient (Wildman–Crippen LogP) is 3.56. The molecule has 0 aliphatic rings. The second-order valence-corrected chi connectivity index (χ2v) is 12.4. The van der Waals surface area contributed by atoms with Gasteiger partial charge in [0, 0.05) is 0 Å². The van der Waals surface area contributed by atoms with Gasteiger partial charge in [-0.25, -0.2) is 0 Å². The number of unbranched alkanes of at least 4 members (excludes halogenated alkanes) is 2. The van der Waals surface area contributed by atoms with Crippen LogP contribution in [0.25, 0.3) is 0 Å². The number of aliphatic carboxylic acids is 1. The van der Waals surface area contributed by atoms with Crippen LogP contribution in [0.3, 0.4) is 0 Å². The van der Waals surface area contributed by atoms with E-state index < -0.39 is 25.7 Å². The van der Waals surface area contributed by atoms with Crippen LogP contribution in [0, 0.1) is 0 Å². The maximum atomic E-state index is 10.5. The summed E-state index contributed by atoms with van der Waals surface area (Å²) in [5.74, 6) is -0.601. The quantitative estimate of drug-likeness (QED) is 0.661. The normalized spacial score (nSPS) is 10.8. The van der Waals surface area contributed by atoms with E-state index in [0.717, 1.165) is 4.44 Å². The third-order valence-electron chi connectivity index (χ3n) is 2.46. The summed E-state index contributed by atoms with van der Waals surface area (Å²) in [6.45, 7) is 4.44. The standard InChI is InChI=1S/2C4H9.C3H5O2.Sn/c2*1-3-4-2;1-2-3(4)5;/h2*1,3-4H2,2H3;1-2H2,(H,4,5);. The first-order valence-corrected chi connectivity index (χ1v) is 11.8. The van der Waals surface area contributed by atoms with Crippen LogP contribution in [-0.2, 0) is 4.79 Å². The van der Waals surface area contributed by atoms with Gasteiger partial charge in [-0.3, -0.25) is 0 Å². The Morgan fingerprint density at radius 2 is 1.57 bits per heavy atom. The summed E-state index contributed by atoms with van der Waals surface area (Å²) in [4.78, 5) is 10.5. The van der Waals surface area contributed by atoms with Crippen molar-refractivity contribution in [3.8, 4) is 0 Å². The molecular weight excluding hydrogens is 283 g/mol. The molecule has 0 heterocycles. The van der Waals surface area contributed by atoms with Crippen molar-refractivity contribution >= 4 is 25.7 Å². The second-order valence-electron chi connectivity index (χ2n) is 3.85. The zero-order valence-corrected chi connectivity index (χ0v) is 12.4. The fraction of sp³-hybridized carbons (Fsp3) is 0.909. The zero-order valence-electron chi connectivity index (χ0n) is 9.51. The number of carboxylic acid groups (broad SMARTS) is 1. The number of hydrogen-bond acceptors (Lipinski definition) is 1. The molecule has 0 aliphatic heterocycles. The Balaban J connectivity index is 3.65. The van der Waals surface area contributed by atoms with Gasteiger partial charge in [0.2, 0.25) is 0 Å². The predicted molar refractivity (Wildman–Crippen MR) is 62.2 cm³/mol. The summed E-state index contributed by atoms with van der Waals surface area (Å²) in [6.07, 6.45) is 5.63. The minimum absolute atomic E-state index is 0.433. The van der Waals surface area contributed by atoms with Gasteiger partial charge >= 0.3 is 94.9 Å². The van der Waals surface area contributed by atoms with Crippen LogP contribution < -0.4 is 0 Å². The average molecular weight is 306 g/mol. The van der Waals surface area contributed by atoms with Gasteiger partial charge in [-0.1, -0.05) is 0 Å². The summed E-state index contributed by atoms with van der Waals surface area (Å²) in [6, 6.07) is 0. The van der Waals surface area contributed by atoms with E-state index in [2.05, 4.69) is 13.8 Å². The molecule has 1 N–H and O–H groups in total. The number of hydrogen-bond donors (Lipinski definition) is 1. The monoisotopic (exact) mass is 307 g/mol. The Bertz CT molecular complexity index is 140. The Morgan fingerprint density at radius 3 is 1.93 bits per heavy atom. The van der Waals surface area contributed by atoms with E-state index in [1.165, 1.54) is 34.6 Å². The van der Waals surface area contributed by atoms with Crippen LogP contribution in [0.1, 0.15) is 46.0 Å². The summed E-state index contributed by atoms with van der Waals surface area (Å²) < 4.78 is 3.88. The zero-order chi connectivity index (χ0) is 10.8. The summed E-state index contributed by atoms with van der Waals surface area (Å²) in [5.41, 5.74) is 0. The molecule has 0 amide bonds. The van der Waals surface area contributed by atoms with Crippen LogP contribution in [0.2, 0.25) is 13.3 Å². The van der Waals surface area contributed by atoms with E-state index in [1.54, 1.807) is 0 Å². The van der Waals surface area contributed by atoms with Gasteiger partial charge < -0.3 is 0 Å². The second kappa shape index (κ2) is 9.81. The van der Waals surface area contributed by atoms with Crippen LogP contribution in [-0.4, -0.2) is 30.8 Å². The molecule has 0 bridgehead atoms. The molecule has 0 aromatic carbocycles. The fourth-order valence-electron chi connectivity index (χ4n) is 1.51. The van der Waals surface area contributed by atoms with Gasteiger partial charge in [0.15, 0.2) is 0 Å². The van der Waals surface area contributed by atoms with Crippen molar-refractivity contribution < 1.29 is 9.90 Å². The first-order chi connectivity index (χ1) is 6.70. The number of carboxylic acids is 1. The average Bonchev–Trinajstić information content (AvgIpc) is 2.16. The van der Waals surface area contributed by atoms with E-state index in [9.17, 15) is 4.79 Å². The molecule has 0 aromatic rings. The topological polar surface area (TPSA) is 37.3 Å². The van der Waals surface area contributed by atoms with Crippen LogP contribution in [0.4, 0.5) is 0 Å². The first kappa shape index (κ1) is 14.3. The van der Waals surface area contributed by atoms with E-state index in [1.807, 2.05) is 0 Å². The molecular formula is C11H23O2Sn. The Hall–Kier alpha value is 0.269. The molecule has 83 valence electrons. The van der Waals surface area contributed by atoms with Crippen LogP contribution >= 0.6 is 0 Å². The molecule has 0 saturated carbocycles. The molecule has 0 aromatic heterocycles. The van der Waals surface area contributed by atoms with E-state index in [-0.39, 0.29) is 0 Å². The third kappa shape index (κ3) is 8.85. The van der Waals surface area contributed by atoms with Gasteiger partial charge in [0.25, 0.3) is 0 Å². The summed E-state index contributed by atoms with van der Waals surface area (Å²) >= 11 is -1.27. The van der Waals surface area contributed by atoms with Crippen LogP contribution in [0.5, 0.6) is 0 Å². The van der Waals surface area contributed by atoms with Crippen molar-refractivity contribution in [3.05, 3.63) is 0 Å². The van der Waals surface area contributed by atoms with E-state index in [0.29, 0.717) is 6.42 Å². The fourth-order valence-corrected chi connectivity index (χ4v) is 10.1. The molecule has 1 radical (unpaired) electrons. The number of rotatable bonds is 9. The molecule has 0 aliphatic carbocycles. The number of carbonyl (C=O) groups is 1. The van der Waals surface area contributed by atoms with Crippen molar-refractivity contribution in [2.45, 2.75) is 59.3 Å². The van der Waals surface area contributed by atoms with Gasteiger partial charge in [0.1, 0.15) is 0 Å². The van der Waals surface area contributed by atoms with Crippen molar-refractivity contribution in [1.29, 1.82) is 0 Å². The molecule has 0 saturated heterocycles. The SMILES string of the molecule is CCC[CH2][Sn]([CH2]CCC)[CH2]CC(=O)O. The molecule has 0 unspecified atom stereocenters. The molecule has 0 rings (SSSR count). The summed E-state index contributed by atoms with van der Waals surface area (Å²) in [7, 11) is 0. The van der Waals surface area contributed by atoms with Gasteiger partial charge in [-0.15, -0.1) is 0 Å². The third-order valence-corrected chi connectivity index (χ3v) is 11.2. The Kier molecular flexibility index (Phi) is 10.00. The molecule has 2 nitrogen and oxygen atoms in total. The molecule has 0 atom stereocenters.